The molecule has 0 aliphatic carbocycles. The zero-order valence-electron chi connectivity index (χ0n) is 19.5. The number of imide groups is 1. The van der Waals surface area contributed by atoms with Crippen LogP contribution in [0, 0.1) is 12.7 Å². The number of nitrogens with one attached hydrogen (secondary N) is 1. The van der Waals surface area contributed by atoms with Crippen molar-refractivity contribution in [2.24, 2.45) is 0 Å². The summed E-state index contributed by atoms with van der Waals surface area (Å²) >= 11 is 8.37. The Hall–Kier alpha value is -3.47. The fourth-order valence-electron chi connectivity index (χ4n) is 3.91. The Balaban J connectivity index is 1.24. The second-order valence-electron chi connectivity index (χ2n) is 8.27. The molecule has 0 spiro atoms. The van der Waals surface area contributed by atoms with Crippen molar-refractivity contribution >= 4 is 68.0 Å². The minimum absolute atomic E-state index is 0.00915. The zero-order valence-corrected chi connectivity index (χ0v) is 21.9. The summed E-state index contributed by atoms with van der Waals surface area (Å²) in [5.74, 6) is -1.29. The van der Waals surface area contributed by atoms with Crippen molar-refractivity contribution in [2.45, 2.75) is 13.5 Å². The van der Waals surface area contributed by atoms with Gasteiger partial charge in [-0.25, -0.2) is 4.39 Å². The molecule has 0 atom stereocenters. The smallest absolute Gasteiger partial charge is 0.293 e. The molecule has 3 amide bonds. The van der Waals surface area contributed by atoms with Gasteiger partial charge in [0.25, 0.3) is 17.1 Å². The van der Waals surface area contributed by atoms with Gasteiger partial charge >= 0.3 is 0 Å². The van der Waals surface area contributed by atoms with E-state index in [1.165, 1.54) is 29.5 Å². The molecular formula is C26H20ClFN4O3S2. The molecule has 2 aromatic carbocycles. The van der Waals surface area contributed by atoms with Crippen LogP contribution in [0.1, 0.15) is 26.5 Å². The number of rotatable bonds is 7. The van der Waals surface area contributed by atoms with Gasteiger partial charge in [0, 0.05) is 29.1 Å². The number of nitrogens with zero attached hydrogens (tertiary/aromatic N) is 3. The summed E-state index contributed by atoms with van der Waals surface area (Å²) in [6, 6.07) is 15.3. The van der Waals surface area contributed by atoms with Crippen LogP contribution in [0.25, 0.3) is 16.3 Å². The van der Waals surface area contributed by atoms with Crippen molar-refractivity contribution in [2.75, 3.05) is 13.1 Å². The Kier molecular flexibility index (Phi) is 7.14. The minimum Gasteiger partial charge on any atom is -0.350 e. The van der Waals surface area contributed by atoms with Crippen LogP contribution < -0.4 is 5.32 Å². The van der Waals surface area contributed by atoms with Crippen LogP contribution >= 0.6 is 34.7 Å². The van der Waals surface area contributed by atoms with E-state index in [1.807, 2.05) is 35.9 Å². The predicted molar refractivity (Wildman–Crippen MR) is 144 cm³/mol. The minimum atomic E-state index is -0.510. The monoisotopic (exact) mass is 554 g/mol. The highest BCUT2D eigenvalue weighted by atomic mass is 35.5. The number of amides is 3. The SMILES string of the molecule is Cc1nn(Cc2ccccc2Cl)c2sc(C(=O)NCCN3C(=O)S/C(=C/c4ccccc4F)C3=O)cc12. The quantitative estimate of drug-likeness (QED) is 0.296. The molecule has 1 aliphatic rings. The van der Waals surface area contributed by atoms with E-state index >= 15 is 0 Å². The summed E-state index contributed by atoms with van der Waals surface area (Å²) in [6.45, 7) is 2.46. The summed E-state index contributed by atoms with van der Waals surface area (Å²) < 4.78 is 15.8. The second kappa shape index (κ2) is 10.5. The number of thioether (sulfide) groups is 1. The van der Waals surface area contributed by atoms with Crippen LogP contribution in [0.5, 0.6) is 0 Å². The molecule has 188 valence electrons. The highest BCUT2D eigenvalue weighted by Crippen LogP contribution is 2.33. The summed E-state index contributed by atoms with van der Waals surface area (Å²) in [7, 11) is 0. The number of thiophene rings is 1. The molecule has 0 radical (unpaired) electrons. The van der Waals surface area contributed by atoms with Gasteiger partial charge in [0.05, 0.1) is 22.0 Å². The molecule has 1 fully saturated rings. The Labute approximate surface area is 224 Å². The number of aromatic nitrogens is 2. The second-order valence-corrected chi connectivity index (χ2v) is 10.7. The van der Waals surface area contributed by atoms with E-state index in [1.54, 1.807) is 18.2 Å². The Bertz CT molecular complexity index is 1580. The number of benzene rings is 2. The van der Waals surface area contributed by atoms with Gasteiger partial charge in [-0.15, -0.1) is 11.3 Å². The van der Waals surface area contributed by atoms with Crippen LogP contribution in [0.4, 0.5) is 9.18 Å². The maximum Gasteiger partial charge on any atom is 0.293 e. The Morgan fingerprint density at radius 2 is 1.92 bits per heavy atom. The molecule has 37 heavy (non-hydrogen) atoms. The molecule has 3 heterocycles. The summed E-state index contributed by atoms with van der Waals surface area (Å²) in [4.78, 5) is 40.4. The van der Waals surface area contributed by atoms with Gasteiger partial charge in [-0.3, -0.25) is 24.0 Å². The number of fused-ring (bicyclic) bond motifs is 1. The van der Waals surface area contributed by atoms with Gasteiger partial charge in [0.2, 0.25) is 0 Å². The van der Waals surface area contributed by atoms with Gasteiger partial charge in [0.15, 0.2) is 0 Å². The average Bonchev–Trinajstić information content (AvgIpc) is 3.52. The number of halogens is 2. The first kappa shape index (κ1) is 25.2. The van der Waals surface area contributed by atoms with E-state index in [9.17, 15) is 18.8 Å². The third kappa shape index (κ3) is 5.18. The topological polar surface area (TPSA) is 84.3 Å². The Morgan fingerprint density at radius 3 is 2.70 bits per heavy atom. The van der Waals surface area contributed by atoms with Crippen molar-refractivity contribution in [3.8, 4) is 0 Å². The molecular weight excluding hydrogens is 535 g/mol. The highest BCUT2D eigenvalue weighted by Gasteiger charge is 2.35. The molecule has 1 saturated heterocycles. The number of hydrogen-bond acceptors (Lipinski definition) is 6. The van der Waals surface area contributed by atoms with Gasteiger partial charge in [0.1, 0.15) is 10.6 Å². The largest absolute Gasteiger partial charge is 0.350 e. The number of carbonyl (C=O) groups is 3. The number of aryl methyl sites for hydroxylation is 1. The first-order valence-electron chi connectivity index (χ1n) is 11.3. The zero-order chi connectivity index (χ0) is 26.1. The van der Waals surface area contributed by atoms with Crippen LogP contribution in [0.3, 0.4) is 0 Å². The fourth-order valence-corrected chi connectivity index (χ4v) is 6.04. The standard InChI is InChI=1S/C26H20ClFN4O3S2/c1-15-18-13-21(36-25(18)32(30-15)14-17-7-2-4-8-19(17)27)23(33)29-10-11-31-24(34)22(37-26(31)35)12-16-6-3-5-9-20(16)28/h2-9,12-13H,10-11,14H2,1H3,(H,29,33)/b22-12+. The average molecular weight is 555 g/mol. The van der Waals surface area contributed by atoms with Crippen LogP contribution in [0.2, 0.25) is 5.02 Å². The molecule has 1 aliphatic heterocycles. The van der Waals surface area contributed by atoms with E-state index in [4.69, 9.17) is 11.6 Å². The molecule has 5 rings (SSSR count). The molecule has 1 N–H and O–H groups in total. The van der Waals surface area contributed by atoms with Gasteiger partial charge in [-0.1, -0.05) is 48.0 Å². The van der Waals surface area contributed by atoms with E-state index in [0.717, 1.165) is 38.1 Å². The van der Waals surface area contributed by atoms with Gasteiger partial charge in [-0.05, 0) is 48.5 Å². The fraction of sp³-hybridized carbons (Fsp3) is 0.154. The number of carbonyl (C=O) groups excluding carboxylic acids is 3. The maximum atomic E-state index is 13.9. The third-order valence-electron chi connectivity index (χ3n) is 5.80. The normalized spacial score (nSPS) is 14.8. The summed E-state index contributed by atoms with van der Waals surface area (Å²) in [5.41, 5.74) is 1.96. The van der Waals surface area contributed by atoms with E-state index < -0.39 is 17.0 Å². The number of hydrogen-bond donors (Lipinski definition) is 1. The van der Waals surface area contributed by atoms with Crippen LogP contribution in [-0.4, -0.2) is 44.8 Å². The van der Waals surface area contributed by atoms with Crippen LogP contribution in [-0.2, 0) is 11.3 Å². The molecule has 7 nitrogen and oxygen atoms in total. The highest BCUT2D eigenvalue weighted by molar-refractivity contribution is 8.18. The lowest BCUT2D eigenvalue weighted by molar-refractivity contribution is -0.122. The molecule has 11 heteroatoms. The molecule has 0 saturated carbocycles. The van der Waals surface area contributed by atoms with E-state index in [-0.39, 0.29) is 29.5 Å². The van der Waals surface area contributed by atoms with E-state index in [2.05, 4.69) is 10.4 Å². The van der Waals surface area contributed by atoms with Crippen molar-refractivity contribution in [1.82, 2.24) is 20.0 Å². The molecule has 0 bridgehead atoms. The first-order chi connectivity index (χ1) is 17.8. The van der Waals surface area contributed by atoms with Crippen molar-refractivity contribution in [1.29, 1.82) is 0 Å². The van der Waals surface area contributed by atoms with Crippen molar-refractivity contribution in [3.05, 3.63) is 92.0 Å². The van der Waals surface area contributed by atoms with Gasteiger partial charge < -0.3 is 5.32 Å². The van der Waals surface area contributed by atoms with Crippen molar-refractivity contribution < 1.29 is 18.8 Å². The molecule has 4 aromatic rings. The predicted octanol–water partition coefficient (Wildman–Crippen LogP) is 5.71. The van der Waals surface area contributed by atoms with Gasteiger partial charge in [-0.2, -0.15) is 5.10 Å². The molecule has 0 unspecified atom stereocenters. The molecule has 2 aromatic heterocycles. The lowest BCUT2D eigenvalue weighted by Crippen LogP contribution is -2.37. The summed E-state index contributed by atoms with van der Waals surface area (Å²) in [5, 5.41) is 8.43. The Morgan fingerprint density at radius 1 is 1.16 bits per heavy atom. The van der Waals surface area contributed by atoms with E-state index in [0.29, 0.717) is 16.4 Å². The van der Waals surface area contributed by atoms with Crippen molar-refractivity contribution in [3.63, 3.8) is 0 Å². The van der Waals surface area contributed by atoms with Crippen LogP contribution in [0.15, 0.2) is 59.5 Å². The first-order valence-corrected chi connectivity index (χ1v) is 13.3. The lowest BCUT2D eigenvalue weighted by atomic mass is 10.2. The summed E-state index contributed by atoms with van der Waals surface area (Å²) in [6.07, 6.45) is 1.37. The lowest BCUT2D eigenvalue weighted by Gasteiger charge is -2.12. The maximum absolute atomic E-state index is 13.9. The third-order valence-corrected chi connectivity index (χ3v) is 8.22.